The largest absolute Gasteiger partial charge is 0.432 e. The summed E-state index contributed by atoms with van der Waals surface area (Å²) >= 11 is 0. The normalized spacial score (nSPS) is 13.0. The van der Waals surface area contributed by atoms with Gasteiger partial charge in [0.05, 0.1) is 0 Å². The van der Waals surface area contributed by atoms with Crippen molar-refractivity contribution >= 4 is 0 Å². The van der Waals surface area contributed by atoms with Crippen LogP contribution < -0.4 is 10.5 Å². The lowest BCUT2D eigenvalue weighted by molar-refractivity contribution is -0.0522. The molecule has 0 spiro atoms. The number of hydrogen-bond donors (Lipinski definition) is 1. The highest BCUT2D eigenvalue weighted by Gasteiger charge is 2.14. The summed E-state index contributed by atoms with van der Waals surface area (Å²) < 4.78 is 40.9. The number of benzene rings is 1. The van der Waals surface area contributed by atoms with Crippen molar-refractivity contribution in [1.29, 1.82) is 0 Å². The summed E-state index contributed by atoms with van der Waals surface area (Å²) in [5, 5.41) is 0. The fourth-order valence-corrected chi connectivity index (χ4v) is 1.07. The molecule has 5 heteroatoms. The average Bonchev–Trinajstić information content (AvgIpc) is 2.07. The van der Waals surface area contributed by atoms with Crippen LogP contribution in [0.2, 0.25) is 0 Å². The summed E-state index contributed by atoms with van der Waals surface area (Å²) in [5.74, 6) is -1.31. The summed E-state index contributed by atoms with van der Waals surface area (Å²) in [4.78, 5) is 0. The van der Waals surface area contributed by atoms with Gasteiger partial charge in [0.2, 0.25) is 0 Å². The van der Waals surface area contributed by atoms with E-state index in [1.54, 1.807) is 6.92 Å². The van der Waals surface area contributed by atoms with Gasteiger partial charge in [0.15, 0.2) is 11.6 Å². The second-order valence-electron chi connectivity index (χ2n) is 2.83. The van der Waals surface area contributed by atoms with Crippen LogP contribution >= 0.6 is 0 Å². The fraction of sp³-hybridized carbons (Fsp3) is 0.333. The van der Waals surface area contributed by atoms with Crippen molar-refractivity contribution in [1.82, 2.24) is 0 Å². The first-order valence-electron chi connectivity index (χ1n) is 4.01. The molecule has 0 aliphatic carbocycles. The summed E-state index contributed by atoms with van der Waals surface area (Å²) in [5.41, 5.74) is 5.59. The third kappa shape index (κ3) is 2.38. The molecule has 14 heavy (non-hydrogen) atoms. The first-order chi connectivity index (χ1) is 6.52. The number of nitrogens with two attached hydrogens (primary N) is 1. The van der Waals surface area contributed by atoms with Crippen molar-refractivity contribution in [3.8, 4) is 5.75 Å². The van der Waals surface area contributed by atoms with Gasteiger partial charge in [-0.1, -0.05) is 12.1 Å². The molecule has 0 bridgehead atoms. The lowest BCUT2D eigenvalue weighted by Gasteiger charge is -2.11. The van der Waals surface area contributed by atoms with Crippen LogP contribution in [0.5, 0.6) is 5.75 Å². The molecule has 0 heterocycles. The Labute approximate surface area is 79.5 Å². The van der Waals surface area contributed by atoms with Gasteiger partial charge in [-0.3, -0.25) is 0 Å². The van der Waals surface area contributed by atoms with Gasteiger partial charge in [-0.25, -0.2) is 4.39 Å². The molecule has 2 nitrogen and oxygen atoms in total. The SMILES string of the molecule is CC(N)c1cccc(OC(F)F)c1F. The molecule has 78 valence electrons. The molecular weight excluding hydrogens is 195 g/mol. The average molecular weight is 205 g/mol. The van der Waals surface area contributed by atoms with Crippen molar-refractivity contribution in [3.05, 3.63) is 29.6 Å². The Morgan fingerprint density at radius 2 is 2.00 bits per heavy atom. The number of halogens is 3. The lowest BCUT2D eigenvalue weighted by Crippen LogP contribution is -2.10. The minimum atomic E-state index is -3.03. The van der Waals surface area contributed by atoms with Gasteiger partial charge in [0.1, 0.15) is 0 Å². The van der Waals surface area contributed by atoms with Gasteiger partial charge in [0.25, 0.3) is 0 Å². The quantitative estimate of drug-likeness (QED) is 0.822. The van der Waals surface area contributed by atoms with Crippen LogP contribution in [0.25, 0.3) is 0 Å². The van der Waals surface area contributed by atoms with Crippen LogP contribution in [-0.2, 0) is 0 Å². The predicted molar refractivity (Wildman–Crippen MR) is 45.6 cm³/mol. The molecule has 0 saturated heterocycles. The maximum Gasteiger partial charge on any atom is 0.387 e. The first kappa shape index (κ1) is 10.8. The molecule has 0 amide bonds. The van der Waals surface area contributed by atoms with E-state index in [0.717, 1.165) is 6.07 Å². The van der Waals surface area contributed by atoms with Crippen molar-refractivity contribution in [2.24, 2.45) is 5.73 Å². The van der Waals surface area contributed by atoms with E-state index in [1.165, 1.54) is 12.1 Å². The van der Waals surface area contributed by atoms with Crippen molar-refractivity contribution in [3.63, 3.8) is 0 Å². The monoisotopic (exact) mass is 205 g/mol. The van der Waals surface area contributed by atoms with Crippen LogP contribution in [0.4, 0.5) is 13.2 Å². The van der Waals surface area contributed by atoms with Gasteiger partial charge in [-0.2, -0.15) is 8.78 Å². The van der Waals surface area contributed by atoms with E-state index < -0.39 is 24.2 Å². The molecule has 0 aliphatic rings. The van der Waals surface area contributed by atoms with E-state index in [2.05, 4.69) is 4.74 Å². The zero-order chi connectivity index (χ0) is 10.7. The standard InChI is InChI=1S/C9H10F3NO/c1-5(13)6-3-2-4-7(8(6)10)14-9(11)12/h2-5,9H,13H2,1H3. The van der Waals surface area contributed by atoms with E-state index in [4.69, 9.17) is 5.73 Å². The Morgan fingerprint density at radius 1 is 1.36 bits per heavy atom. The number of hydrogen-bond acceptors (Lipinski definition) is 2. The molecule has 0 aliphatic heterocycles. The van der Waals surface area contributed by atoms with Gasteiger partial charge in [0, 0.05) is 11.6 Å². The Bertz CT molecular complexity index is 315. The molecule has 1 atom stereocenters. The predicted octanol–water partition coefficient (Wildman–Crippen LogP) is 2.45. The van der Waals surface area contributed by atoms with Crippen LogP contribution in [-0.4, -0.2) is 6.61 Å². The highest BCUT2D eigenvalue weighted by Crippen LogP contribution is 2.25. The molecule has 0 radical (unpaired) electrons. The van der Waals surface area contributed by atoms with Crippen molar-refractivity contribution < 1.29 is 17.9 Å². The maximum absolute atomic E-state index is 13.3. The minimum Gasteiger partial charge on any atom is -0.432 e. The molecule has 2 N–H and O–H groups in total. The maximum atomic E-state index is 13.3. The smallest absolute Gasteiger partial charge is 0.387 e. The number of ether oxygens (including phenoxy) is 1. The second-order valence-corrected chi connectivity index (χ2v) is 2.83. The van der Waals surface area contributed by atoms with Crippen LogP contribution in [0.3, 0.4) is 0 Å². The Hall–Kier alpha value is -1.23. The second kappa shape index (κ2) is 4.32. The van der Waals surface area contributed by atoms with Crippen molar-refractivity contribution in [2.45, 2.75) is 19.6 Å². The molecule has 0 fully saturated rings. The zero-order valence-corrected chi connectivity index (χ0v) is 7.51. The molecule has 1 aromatic rings. The molecule has 1 aromatic carbocycles. The summed E-state index contributed by atoms with van der Waals surface area (Å²) in [6.07, 6.45) is 0. The lowest BCUT2D eigenvalue weighted by atomic mass is 10.1. The number of alkyl halides is 2. The summed E-state index contributed by atoms with van der Waals surface area (Å²) in [6.45, 7) is -1.47. The third-order valence-electron chi connectivity index (χ3n) is 1.70. The highest BCUT2D eigenvalue weighted by molar-refractivity contribution is 5.32. The Balaban J connectivity index is 3.01. The van der Waals surface area contributed by atoms with Gasteiger partial charge in [-0.15, -0.1) is 0 Å². The van der Waals surface area contributed by atoms with E-state index in [9.17, 15) is 13.2 Å². The molecule has 1 rings (SSSR count). The van der Waals surface area contributed by atoms with Gasteiger partial charge >= 0.3 is 6.61 Å². The van der Waals surface area contributed by atoms with Crippen LogP contribution in [0, 0.1) is 5.82 Å². The number of rotatable bonds is 3. The minimum absolute atomic E-state index is 0.156. The van der Waals surface area contributed by atoms with Crippen LogP contribution in [0.15, 0.2) is 18.2 Å². The Morgan fingerprint density at radius 3 is 2.50 bits per heavy atom. The zero-order valence-electron chi connectivity index (χ0n) is 7.51. The molecular formula is C9H10F3NO. The van der Waals surface area contributed by atoms with Gasteiger partial charge < -0.3 is 10.5 Å². The van der Waals surface area contributed by atoms with Gasteiger partial charge in [-0.05, 0) is 13.0 Å². The van der Waals surface area contributed by atoms with Crippen molar-refractivity contribution in [2.75, 3.05) is 0 Å². The molecule has 1 unspecified atom stereocenters. The summed E-state index contributed by atoms with van der Waals surface area (Å²) in [7, 11) is 0. The van der Waals surface area contributed by atoms with E-state index in [-0.39, 0.29) is 5.56 Å². The molecule has 0 saturated carbocycles. The van der Waals surface area contributed by atoms with E-state index in [0.29, 0.717) is 0 Å². The first-order valence-corrected chi connectivity index (χ1v) is 4.01. The third-order valence-corrected chi connectivity index (χ3v) is 1.70. The fourth-order valence-electron chi connectivity index (χ4n) is 1.07. The van der Waals surface area contributed by atoms with Crippen LogP contribution in [0.1, 0.15) is 18.5 Å². The van der Waals surface area contributed by atoms with E-state index in [1.807, 2.05) is 0 Å². The topological polar surface area (TPSA) is 35.2 Å². The summed E-state index contributed by atoms with van der Waals surface area (Å²) in [6, 6.07) is 3.42. The van der Waals surface area contributed by atoms with E-state index >= 15 is 0 Å². The molecule has 0 aromatic heterocycles. The highest BCUT2D eigenvalue weighted by atomic mass is 19.3. The Kier molecular flexibility index (Phi) is 3.35.